The lowest BCUT2D eigenvalue weighted by Crippen LogP contribution is -2.16. The first kappa shape index (κ1) is 15.4. The summed E-state index contributed by atoms with van der Waals surface area (Å²) >= 11 is 5.80. The van der Waals surface area contributed by atoms with Gasteiger partial charge in [0.25, 0.3) is 5.56 Å². The number of aromatic amines is 1. The van der Waals surface area contributed by atoms with Crippen molar-refractivity contribution < 1.29 is 13.2 Å². The zero-order chi connectivity index (χ0) is 16.6. The van der Waals surface area contributed by atoms with Gasteiger partial charge in [0.15, 0.2) is 0 Å². The molecule has 0 aliphatic carbocycles. The summed E-state index contributed by atoms with van der Waals surface area (Å²) in [5.41, 5.74) is -0.165. The van der Waals surface area contributed by atoms with Gasteiger partial charge in [0.1, 0.15) is 0 Å². The number of H-pyrrole nitrogens is 1. The van der Waals surface area contributed by atoms with Crippen LogP contribution in [0, 0.1) is 0 Å². The third kappa shape index (κ3) is 3.03. The molecule has 0 radical (unpaired) electrons. The normalized spacial score (nSPS) is 11.7. The summed E-state index contributed by atoms with van der Waals surface area (Å²) in [6.45, 7) is 0. The van der Waals surface area contributed by atoms with Crippen LogP contribution in [0.3, 0.4) is 0 Å². The molecular weight excluding hydrogens is 329 g/mol. The van der Waals surface area contributed by atoms with Crippen molar-refractivity contribution in [3.63, 3.8) is 0 Å². The largest absolute Gasteiger partial charge is 0.416 e. The SMILES string of the molecule is O=c1c(-c2ccc(Cl)cc2)c[nH]n1-c1cccc(C(F)(F)F)c1. The van der Waals surface area contributed by atoms with Crippen molar-refractivity contribution in [3.05, 3.63) is 75.7 Å². The molecule has 0 aliphatic rings. The smallest absolute Gasteiger partial charge is 0.298 e. The predicted molar refractivity (Wildman–Crippen MR) is 81.8 cm³/mol. The molecule has 1 N–H and O–H groups in total. The van der Waals surface area contributed by atoms with Crippen molar-refractivity contribution >= 4 is 11.6 Å². The summed E-state index contributed by atoms with van der Waals surface area (Å²) in [7, 11) is 0. The van der Waals surface area contributed by atoms with Crippen molar-refractivity contribution in [2.75, 3.05) is 0 Å². The zero-order valence-corrected chi connectivity index (χ0v) is 12.3. The highest BCUT2D eigenvalue weighted by atomic mass is 35.5. The van der Waals surface area contributed by atoms with Crippen LogP contribution in [-0.2, 0) is 6.18 Å². The quantitative estimate of drug-likeness (QED) is 0.733. The minimum atomic E-state index is -4.47. The van der Waals surface area contributed by atoms with Gasteiger partial charge in [0.2, 0.25) is 0 Å². The third-order valence-corrected chi connectivity index (χ3v) is 3.61. The van der Waals surface area contributed by atoms with Gasteiger partial charge in [0.05, 0.1) is 16.8 Å². The second-order valence-corrected chi connectivity index (χ2v) is 5.32. The molecule has 3 nitrogen and oxygen atoms in total. The molecule has 0 aliphatic heterocycles. The number of hydrogen-bond donors (Lipinski definition) is 1. The number of alkyl halides is 3. The van der Waals surface area contributed by atoms with Gasteiger partial charge in [-0.2, -0.15) is 13.2 Å². The number of hydrogen-bond acceptors (Lipinski definition) is 1. The van der Waals surface area contributed by atoms with Gasteiger partial charge in [-0.1, -0.05) is 29.8 Å². The Bertz CT molecular complexity index is 895. The highest BCUT2D eigenvalue weighted by Crippen LogP contribution is 2.30. The van der Waals surface area contributed by atoms with Gasteiger partial charge >= 0.3 is 6.18 Å². The molecule has 0 fully saturated rings. The maximum atomic E-state index is 12.8. The van der Waals surface area contributed by atoms with E-state index in [1.165, 1.54) is 18.3 Å². The number of halogens is 4. The molecule has 0 spiro atoms. The summed E-state index contributed by atoms with van der Waals surface area (Å²) in [6, 6.07) is 11.2. The molecule has 3 aromatic rings. The van der Waals surface area contributed by atoms with E-state index < -0.39 is 17.3 Å². The fourth-order valence-electron chi connectivity index (χ4n) is 2.22. The topological polar surface area (TPSA) is 37.8 Å². The first-order chi connectivity index (χ1) is 10.9. The predicted octanol–water partition coefficient (Wildman–Crippen LogP) is 4.50. The molecular formula is C16H10ClF3N2O. The Kier molecular flexibility index (Phi) is 3.77. The van der Waals surface area contributed by atoms with Crippen LogP contribution in [-0.4, -0.2) is 9.78 Å². The zero-order valence-electron chi connectivity index (χ0n) is 11.6. The number of nitrogens with one attached hydrogen (secondary N) is 1. The lowest BCUT2D eigenvalue weighted by atomic mass is 10.1. The van der Waals surface area contributed by atoms with E-state index in [0.717, 1.165) is 16.8 Å². The Labute approximate surface area is 133 Å². The molecule has 0 unspecified atom stereocenters. The molecule has 0 bridgehead atoms. The molecule has 0 saturated carbocycles. The standard InChI is InChI=1S/C16H10ClF3N2O/c17-12-6-4-10(5-7-12)14-9-21-22(15(14)23)13-3-1-2-11(8-13)16(18,19)20/h1-9,21H. The van der Waals surface area contributed by atoms with Gasteiger partial charge in [-0.15, -0.1) is 0 Å². The monoisotopic (exact) mass is 338 g/mol. The summed E-state index contributed by atoms with van der Waals surface area (Å²) in [5, 5.41) is 3.22. The van der Waals surface area contributed by atoms with Crippen LogP contribution in [0.25, 0.3) is 16.8 Å². The fourth-order valence-corrected chi connectivity index (χ4v) is 2.35. The van der Waals surface area contributed by atoms with E-state index in [2.05, 4.69) is 5.10 Å². The number of nitrogens with zero attached hydrogens (tertiary/aromatic N) is 1. The highest BCUT2D eigenvalue weighted by Gasteiger charge is 2.30. The minimum absolute atomic E-state index is 0.116. The Hall–Kier alpha value is -2.47. The number of rotatable bonds is 2. The second kappa shape index (κ2) is 5.62. The van der Waals surface area contributed by atoms with Crippen molar-refractivity contribution in [2.24, 2.45) is 0 Å². The maximum Gasteiger partial charge on any atom is 0.416 e. The molecule has 0 saturated heterocycles. The molecule has 118 valence electrons. The van der Waals surface area contributed by atoms with E-state index in [0.29, 0.717) is 16.1 Å². The summed E-state index contributed by atoms with van der Waals surface area (Å²) < 4.78 is 39.4. The maximum absolute atomic E-state index is 12.8. The Balaban J connectivity index is 2.06. The van der Waals surface area contributed by atoms with Crippen LogP contribution in [0.1, 0.15) is 5.56 Å². The minimum Gasteiger partial charge on any atom is -0.298 e. The summed E-state index contributed by atoms with van der Waals surface area (Å²) in [4.78, 5) is 12.4. The lowest BCUT2D eigenvalue weighted by molar-refractivity contribution is -0.137. The van der Waals surface area contributed by atoms with Crippen LogP contribution in [0.2, 0.25) is 5.02 Å². The van der Waals surface area contributed by atoms with Gasteiger partial charge in [-0.25, -0.2) is 4.68 Å². The molecule has 3 rings (SSSR count). The molecule has 23 heavy (non-hydrogen) atoms. The van der Waals surface area contributed by atoms with Crippen LogP contribution in [0.4, 0.5) is 13.2 Å². The Morgan fingerprint density at radius 3 is 2.39 bits per heavy atom. The Morgan fingerprint density at radius 1 is 1.04 bits per heavy atom. The lowest BCUT2D eigenvalue weighted by Gasteiger charge is -2.08. The molecule has 0 atom stereocenters. The third-order valence-electron chi connectivity index (χ3n) is 3.36. The summed E-state index contributed by atoms with van der Waals surface area (Å²) in [6.07, 6.45) is -3.02. The summed E-state index contributed by atoms with van der Waals surface area (Å²) in [5.74, 6) is 0. The van der Waals surface area contributed by atoms with E-state index in [-0.39, 0.29) is 5.69 Å². The average molecular weight is 339 g/mol. The first-order valence-corrected chi connectivity index (χ1v) is 6.98. The van der Waals surface area contributed by atoms with Gasteiger partial charge < -0.3 is 0 Å². The van der Waals surface area contributed by atoms with Crippen LogP contribution >= 0.6 is 11.6 Å². The average Bonchev–Trinajstić information content (AvgIpc) is 2.89. The van der Waals surface area contributed by atoms with Crippen LogP contribution in [0.15, 0.2) is 59.5 Å². The van der Waals surface area contributed by atoms with Crippen LogP contribution in [0.5, 0.6) is 0 Å². The van der Waals surface area contributed by atoms with Crippen molar-refractivity contribution in [1.82, 2.24) is 9.78 Å². The molecule has 0 amide bonds. The first-order valence-electron chi connectivity index (χ1n) is 6.60. The van der Waals surface area contributed by atoms with Gasteiger partial charge in [0, 0.05) is 11.2 Å². The van der Waals surface area contributed by atoms with E-state index in [9.17, 15) is 18.0 Å². The van der Waals surface area contributed by atoms with Crippen molar-refractivity contribution in [2.45, 2.75) is 6.18 Å². The molecule has 2 aromatic carbocycles. The number of aromatic nitrogens is 2. The second-order valence-electron chi connectivity index (χ2n) is 4.88. The van der Waals surface area contributed by atoms with E-state index in [1.807, 2.05) is 0 Å². The van der Waals surface area contributed by atoms with E-state index in [4.69, 9.17) is 11.6 Å². The van der Waals surface area contributed by atoms with Crippen molar-refractivity contribution in [3.8, 4) is 16.8 Å². The van der Waals surface area contributed by atoms with E-state index >= 15 is 0 Å². The Morgan fingerprint density at radius 2 is 1.74 bits per heavy atom. The van der Waals surface area contributed by atoms with Crippen molar-refractivity contribution in [1.29, 1.82) is 0 Å². The molecule has 1 aromatic heterocycles. The molecule has 1 heterocycles. The van der Waals surface area contributed by atoms with Gasteiger partial charge in [-0.3, -0.25) is 9.89 Å². The molecule has 7 heteroatoms. The van der Waals surface area contributed by atoms with E-state index in [1.54, 1.807) is 24.3 Å². The fraction of sp³-hybridized carbons (Fsp3) is 0.0625. The van der Waals surface area contributed by atoms with Crippen LogP contribution < -0.4 is 5.56 Å². The number of benzene rings is 2. The van der Waals surface area contributed by atoms with Gasteiger partial charge in [-0.05, 0) is 35.9 Å². The highest BCUT2D eigenvalue weighted by molar-refractivity contribution is 6.30.